The molecule has 1 aliphatic rings. The van der Waals surface area contributed by atoms with Crippen molar-refractivity contribution in [2.75, 3.05) is 58.4 Å². The average molecular weight is 496 g/mol. The summed E-state index contributed by atoms with van der Waals surface area (Å²) in [7, 11) is 1.82. The quantitative estimate of drug-likeness (QED) is 0.237. The maximum atomic E-state index is 5.91. The second kappa shape index (κ2) is 13.7. The molecule has 8 heteroatoms. The van der Waals surface area contributed by atoms with Crippen LogP contribution in [0.5, 0.6) is 0 Å². The maximum absolute atomic E-state index is 5.91. The topological polar surface area (TPSA) is 62.0 Å². The number of aryl methyl sites for hydroxylation is 1. The zero-order valence-electron chi connectivity index (χ0n) is 16.1. The first-order chi connectivity index (χ1) is 12.2. The first-order valence-electron chi connectivity index (χ1n) is 9.06. The molecule has 0 radical (unpaired) electrons. The number of hydrogen-bond donors (Lipinski definition) is 2. The lowest BCUT2D eigenvalue weighted by Gasteiger charge is -2.33. The molecule has 1 unspecified atom stereocenters. The highest BCUT2D eigenvalue weighted by molar-refractivity contribution is 14.0. The van der Waals surface area contributed by atoms with Crippen LogP contribution in [0.15, 0.2) is 21.5 Å². The number of rotatable bonds is 9. The molecule has 1 aliphatic heterocycles. The SMILES string of the molecule is CN=C(NCCCCSC)NCC(c1ccc(C)o1)N1CCOCC1.I. The summed E-state index contributed by atoms with van der Waals surface area (Å²) in [4.78, 5) is 6.75. The fourth-order valence-corrected chi connectivity index (χ4v) is 3.42. The monoisotopic (exact) mass is 496 g/mol. The van der Waals surface area contributed by atoms with E-state index in [1.807, 2.05) is 31.8 Å². The molecule has 2 rings (SSSR count). The van der Waals surface area contributed by atoms with Gasteiger partial charge in [0.25, 0.3) is 0 Å². The lowest BCUT2D eigenvalue weighted by molar-refractivity contribution is 0.0124. The third-order valence-electron chi connectivity index (χ3n) is 4.33. The van der Waals surface area contributed by atoms with Gasteiger partial charge in [0.15, 0.2) is 5.96 Å². The molecule has 1 atom stereocenters. The van der Waals surface area contributed by atoms with Crippen molar-refractivity contribution in [3.63, 3.8) is 0 Å². The zero-order valence-corrected chi connectivity index (χ0v) is 19.3. The summed E-state index contributed by atoms with van der Waals surface area (Å²) >= 11 is 1.90. The molecule has 1 aromatic heterocycles. The van der Waals surface area contributed by atoms with Crippen molar-refractivity contribution in [1.29, 1.82) is 0 Å². The Hall–Kier alpha value is -0.450. The Labute approximate surface area is 178 Å². The summed E-state index contributed by atoms with van der Waals surface area (Å²) in [5.41, 5.74) is 0. The largest absolute Gasteiger partial charge is 0.465 e. The fourth-order valence-electron chi connectivity index (χ4n) is 2.92. The van der Waals surface area contributed by atoms with E-state index in [4.69, 9.17) is 9.15 Å². The van der Waals surface area contributed by atoms with Crippen molar-refractivity contribution in [2.24, 2.45) is 4.99 Å². The molecule has 1 fully saturated rings. The minimum Gasteiger partial charge on any atom is -0.465 e. The van der Waals surface area contributed by atoms with E-state index in [0.29, 0.717) is 0 Å². The summed E-state index contributed by atoms with van der Waals surface area (Å²) in [6.45, 7) is 7.10. The van der Waals surface area contributed by atoms with E-state index < -0.39 is 0 Å². The van der Waals surface area contributed by atoms with Crippen molar-refractivity contribution in [3.05, 3.63) is 23.7 Å². The van der Waals surface area contributed by atoms with Crippen molar-refractivity contribution in [1.82, 2.24) is 15.5 Å². The van der Waals surface area contributed by atoms with Gasteiger partial charge in [-0.2, -0.15) is 11.8 Å². The summed E-state index contributed by atoms with van der Waals surface area (Å²) in [6.07, 6.45) is 4.54. The van der Waals surface area contributed by atoms with Crippen LogP contribution < -0.4 is 10.6 Å². The van der Waals surface area contributed by atoms with Gasteiger partial charge in [-0.25, -0.2) is 0 Å². The molecule has 0 saturated carbocycles. The highest BCUT2D eigenvalue weighted by atomic mass is 127. The summed E-state index contributed by atoms with van der Waals surface area (Å²) in [5.74, 6) is 4.02. The molecular formula is C18H33IN4O2S. The second-order valence-corrected chi connectivity index (χ2v) is 7.18. The van der Waals surface area contributed by atoms with E-state index in [0.717, 1.165) is 63.3 Å². The molecule has 2 N–H and O–H groups in total. The zero-order chi connectivity index (χ0) is 17.9. The predicted molar refractivity (Wildman–Crippen MR) is 121 cm³/mol. The van der Waals surface area contributed by atoms with Crippen molar-refractivity contribution in [3.8, 4) is 0 Å². The van der Waals surface area contributed by atoms with Crippen LogP contribution in [0.1, 0.15) is 30.4 Å². The lowest BCUT2D eigenvalue weighted by atomic mass is 10.1. The van der Waals surface area contributed by atoms with E-state index in [9.17, 15) is 0 Å². The first-order valence-corrected chi connectivity index (χ1v) is 10.5. The lowest BCUT2D eigenvalue weighted by Crippen LogP contribution is -2.46. The highest BCUT2D eigenvalue weighted by Crippen LogP contribution is 2.23. The van der Waals surface area contributed by atoms with Gasteiger partial charge in [-0.05, 0) is 43.9 Å². The van der Waals surface area contributed by atoms with Crippen LogP contribution in [-0.2, 0) is 4.74 Å². The van der Waals surface area contributed by atoms with Crippen molar-refractivity contribution in [2.45, 2.75) is 25.8 Å². The Bertz CT molecular complexity index is 521. The molecule has 26 heavy (non-hydrogen) atoms. The van der Waals surface area contributed by atoms with E-state index in [1.54, 1.807) is 0 Å². The number of ether oxygens (including phenoxy) is 1. The molecule has 1 aromatic rings. The number of halogens is 1. The van der Waals surface area contributed by atoms with Crippen LogP contribution in [0.3, 0.4) is 0 Å². The first kappa shape index (κ1) is 23.6. The standard InChI is InChI=1S/C18H32N4O2S.HI/c1-15-6-7-17(24-15)16(22-9-11-23-12-10-22)14-21-18(19-2)20-8-4-5-13-25-3;/h6-7,16H,4-5,8-14H2,1-3H3,(H2,19,20,21);1H. The number of hydrogen-bond acceptors (Lipinski definition) is 5. The Morgan fingerprint density at radius 2 is 2.04 bits per heavy atom. The fraction of sp³-hybridized carbons (Fsp3) is 0.722. The Morgan fingerprint density at radius 3 is 2.65 bits per heavy atom. The highest BCUT2D eigenvalue weighted by Gasteiger charge is 2.25. The number of nitrogens with zero attached hydrogens (tertiary/aromatic N) is 2. The minimum atomic E-state index is 0. The van der Waals surface area contributed by atoms with Gasteiger partial charge in [0.2, 0.25) is 0 Å². The average Bonchev–Trinajstić information content (AvgIpc) is 3.07. The molecule has 0 amide bonds. The number of nitrogens with one attached hydrogen (secondary N) is 2. The van der Waals surface area contributed by atoms with Gasteiger partial charge in [0.1, 0.15) is 11.5 Å². The van der Waals surface area contributed by atoms with Gasteiger partial charge in [0.05, 0.1) is 19.3 Å². The van der Waals surface area contributed by atoms with E-state index in [-0.39, 0.29) is 30.0 Å². The van der Waals surface area contributed by atoms with Crippen LogP contribution in [-0.4, -0.2) is 69.3 Å². The van der Waals surface area contributed by atoms with Gasteiger partial charge >= 0.3 is 0 Å². The van der Waals surface area contributed by atoms with Crippen LogP contribution in [0.2, 0.25) is 0 Å². The second-order valence-electron chi connectivity index (χ2n) is 6.19. The van der Waals surface area contributed by atoms with E-state index >= 15 is 0 Å². The molecular weight excluding hydrogens is 463 g/mol. The summed E-state index contributed by atoms with van der Waals surface area (Å²) in [6, 6.07) is 4.30. The number of furan rings is 1. The minimum absolute atomic E-state index is 0. The van der Waals surface area contributed by atoms with Crippen LogP contribution in [0, 0.1) is 6.92 Å². The third kappa shape index (κ3) is 8.06. The summed E-state index contributed by atoms with van der Waals surface area (Å²) < 4.78 is 11.4. The molecule has 150 valence electrons. The number of aliphatic imine (C=N–C) groups is 1. The molecule has 2 heterocycles. The number of morpholine rings is 1. The van der Waals surface area contributed by atoms with E-state index in [1.165, 1.54) is 12.2 Å². The molecule has 0 bridgehead atoms. The van der Waals surface area contributed by atoms with Gasteiger partial charge in [-0.3, -0.25) is 9.89 Å². The van der Waals surface area contributed by atoms with Gasteiger partial charge in [-0.1, -0.05) is 0 Å². The van der Waals surface area contributed by atoms with Crippen molar-refractivity contribution < 1.29 is 9.15 Å². The normalized spacial score (nSPS) is 16.8. The maximum Gasteiger partial charge on any atom is 0.191 e. The van der Waals surface area contributed by atoms with E-state index in [2.05, 4.69) is 32.8 Å². The van der Waals surface area contributed by atoms with Crippen LogP contribution in [0.25, 0.3) is 0 Å². The van der Waals surface area contributed by atoms with Gasteiger partial charge in [0, 0.05) is 33.2 Å². The number of guanidine groups is 1. The van der Waals surface area contributed by atoms with Gasteiger partial charge < -0.3 is 19.8 Å². The number of unbranched alkanes of at least 4 members (excludes halogenated alkanes) is 1. The van der Waals surface area contributed by atoms with Crippen molar-refractivity contribution >= 4 is 41.7 Å². The van der Waals surface area contributed by atoms with Gasteiger partial charge in [-0.15, -0.1) is 24.0 Å². The Balaban J connectivity index is 0.00000338. The smallest absolute Gasteiger partial charge is 0.191 e. The molecule has 0 aliphatic carbocycles. The number of thioether (sulfide) groups is 1. The molecule has 0 aromatic carbocycles. The molecule has 1 saturated heterocycles. The molecule has 6 nitrogen and oxygen atoms in total. The molecule has 0 spiro atoms. The van der Waals surface area contributed by atoms with Crippen LogP contribution >= 0.6 is 35.7 Å². The summed E-state index contributed by atoms with van der Waals surface area (Å²) in [5, 5.41) is 6.86. The Morgan fingerprint density at radius 1 is 1.27 bits per heavy atom. The Kier molecular flexibility index (Phi) is 12.4. The third-order valence-corrected chi connectivity index (χ3v) is 5.03. The predicted octanol–water partition coefficient (Wildman–Crippen LogP) is 2.89. The van der Waals surface area contributed by atoms with Crippen LogP contribution in [0.4, 0.5) is 0 Å².